The number of carbonyl (C=O) groups is 2. The van der Waals surface area contributed by atoms with Crippen molar-refractivity contribution in [3.8, 4) is 0 Å². The number of carbonyl (C=O) groups excluding carboxylic acids is 2. The Hall–Kier alpha value is -1.53. The van der Waals surface area contributed by atoms with Crippen molar-refractivity contribution in [2.24, 2.45) is 0 Å². The molecule has 1 heterocycles. The molecule has 0 bridgehead atoms. The number of anilines is 1. The highest BCUT2D eigenvalue weighted by Gasteiger charge is 2.22. The Labute approximate surface area is 134 Å². The van der Waals surface area contributed by atoms with Crippen molar-refractivity contribution in [2.75, 3.05) is 16.9 Å². The van der Waals surface area contributed by atoms with Gasteiger partial charge in [0.25, 0.3) is 5.91 Å². The Morgan fingerprint density at radius 3 is 2.50 bits per heavy atom. The van der Waals surface area contributed by atoms with E-state index in [0.29, 0.717) is 11.6 Å². The molecule has 6 heteroatoms. The number of thioether (sulfide) groups is 1. The molecule has 3 N–H and O–H groups in total. The zero-order valence-electron chi connectivity index (χ0n) is 12.4. The molecule has 3 rings (SSSR count). The Morgan fingerprint density at radius 1 is 1.14 bits per heavy atom. The molecule has 2 aliphatic rings. The summed E-state index contributed by atoms with van der Waals surface area (Å²) >= 11 is 1.72. The summed E-state index contributed by atoms with van der Waals surface area (Å²) in [6, 6.07) is 7.27. The van der Waals surface area contributed by atoms with Crippen LogP contribution in [0.4, 0.5) is 5.69 Å². The van der Waals surface area contributed by atoms with E-state index in [4.69, 9.17) is 0 Å². The second-order valence-corrected chi connectivity index (χ2v) is 6.82. The number of hydrogen-bond acceptors (Lipinski definition) is 4. The first-order chi connectivity index (χ1) is 10.7. The van der Waals surface area contributed by atoms with Gasteiger partial charge in [0.15, 0.2) is 0 Å². The fourth-order valence-corrected chi connectivity index (χ4v) is 3.78. The van der Waals surface area contributed by atoms with E-state index in [9.17, 15) is 9.59 Å². The van der Waals surface area contributed by atoms with Gasteiger partial charge in [0.05, 0.1) is 6.04 Å². The van der Waals surface area contributed by atoms with Crippen LogP contribution in [0.3, 0.4) is 0 Å². The minimum absolute atomic E-state index is 0.0202. The van der Waals surface area contributed by atoms with Crippen molar-refractivity contribution in [1.82, 2.24) is 10.6 Å². The van der Waals surface area contributed by atoms with E-state index < -0.39 is 0 Å². The first kappa shape index (κ1) is 15.4. The molecule has 2 fully saturated rings. The second-order valence-electron chi connectivity index (χ2n) is 5.79. The molecule has 1 aliphatic heterocycles. The van der Waals surface area contributed by atoms with Crippen molar-refractivity contribution in [1.29, 1.82) is 0 Å². The van der Waals surface area contributed by atoms with Gasteiger partial charge in [0.1, 0.15) is 0 Å². The van der Waals surface area contributed by atoms with Crippen LogP contribution in [0, 0.1) is 0 Å². The fraction of sp³-hybridized carbons (Fsp3) is 0.500. The minimum atomic E-state index is -0.129. The smallest absolute Gasteiger partial charge is 0.251 e. The molecule has 0 spiro atoms. The summed E-state index contributed by atoms with van der Waals surface area (Å²) in [5.41, 5.74) is 1.36. The van der Waals surface area contributed by atoms with Gasteiger partial charge in [-0.25, -0.2) is 0 Å². The first-order valence-corrected chi connectivity index (χ1v) is 8.91. The molecule has 1 unspecified atom stereocenters. The Kier molecular flexibility index (Phi) is 5.00. The number of benzene rings is 1. The van der Waals surface area contributed by atoms with Crippen molar-refractivity contribution in [2.45, 2.75) is 37.8 Å². The largest absolute Gasteiger partial charge is 0.349 e. The molecular weight excluding hydrogens is 298 g/mol. The lowest BCUT2D eigenvalue weighted by atomic mass is 10.1. The molecule has 5 nitrogen and oxygen atoms in total. The average molecular weight is 319 g/mol. The predicted octanol–water partition coefficient (Wildman–Crippen LogP) is 1.96. The summed E-state index contributed by atoms with van der Waals surface area (Å²) in [6.45, 7) is 0. The standard InChI is InChI=1S/C16H21N3O2S/c20-15(18-12-3-1-2-4-12)11-5-7-13(8-6-11)19-16(21)14-9-22-10-17-14/h5-8,12,14,17H,1-4,9-10H2,(H,18,20)(H,19,21). The van der Waals surface area contributed by atoms with Gasteiger partial charge in [-0.3, -0.25) is 14.9 Å². The van der Waals surface area contributed by atoms with Crippen LogP contribution in [0.15, 0.2) is 24.3 Å². The average Bonchev–Trinajstić information content (AvgIpc) is 3.21. The van der Waals surface area contributed by atoms with E-state index >= 15 is 0 Å². The Bertz CT molecular complexity index is 535. The molecular formula is C16H21N3O2S. The van der Waals surface area contributed by atoms with E-state index in [0.717, 1.165) is 30.2 Å². The lowest BCUT2D eigenvalue weighted by molar-refractivity contribution is -0.117. The zero-order chi connectivity index (χ0) is 15.4. The van der Waals surface area contributed by atoms with Crippen LogP contribution in [-0.4, -0.2) is 35.5 Å². The van der Waals surface area contributed by atoms with Crippen LogP contribution < -0.4 is 16.0 Å². The summed E-state index contributed by atoms with van der Waals surface area (Å²) in [5, 5.41) is 9.07. The molecule has 1 atom stereocenters. The number of nitrogens with one attached hydrogen (secondary N) is 3. The normalized spacial score (nSPS) is 21.7. The molecule has 22 heavy (non-hydrogen) atoms. The van der Waals surface area contributed by atoms with Crippen LogP contribution in [-0.2, 0) is 4.79 Å². The molecule has 0 radical (unpaired) electrons. The quantitative estimate of drug-likeness (QED) is 0.793. The third kappa shape index (κ3) is 3.81. The highest BCUT2D eigenvalue weighted by molar-refractivity contribution is 7.99. The van der Waals surface area contributed by atoms with E-state index in [1.165, 1.54) is 12.8 Å². The van der Waals surface area contributed by atoms with Crippen LogP contribution >= 0.6 is 11.8 Å². The molecule has 118 valence electrons. The van der Waals surface area contributed by atoms with Gasteiger partial charge in [0, 0.05) is 28.9 Å². The van der Waals surface area contributed by atoms with E-state index in [-0.39, 0.29) is 17.9 Å². The summed E-state index contributed by atoms with van der Waals surface area (Å²) < 4.78 is 0. The Morgan fingerprint density at radius 2 is 1.86 bits per heavy atom. The number of amides is 2. The van der Waals surface area contributed by atoms with Crippen LogP contribution in [0.5, 0.6) is 0 Å². The highest BCUT2D eigenvalue weighted by Crippen LogP contribution is 2.19. The summed E-state index contributed by atoms with van der Waals surface area (Å²) in [7, 11) is 0. The third-order valence-electron chi connectivity index (χ3n) is 4.14. The van der Waals surface area contributed by atoms with Crippen molar-refractivity contribution >= 4 is 29.3 Å². The van der Waals surface area contributed by atoms with Crippen molar-refractivity contribution in [3.63, 3.8) is 0 Å². The van der Waals surface area contributed by atoms with Crippen LogP contribution in [0.2, 0.25) is 0 Å². The van der Waals surface area contributed by atoms with Crippen molar-refractivity contribution < 1.29 is 9.59 Å². The molecule has 1 saturated heterocycles. The van der Waals surface area contributed by atoms with Gasteiger partial charge >= 0.3 is 0 Å². The van der Waals surface area contributed by atoms with Gasteiger partial charge in [-0.1, -0.05) is 12.8 Å². The van der Waals surface area contributed by atoms with Gasteiger partial charge < -0.3 is 10.6 Å². The number of hydrogen-bond donors (Lipinski definition) is 3. The predicted molar refractivity (Wildman–Crippen MR) is 89.0 cm³/mol. The van der Waals surface area contributed by atoms with Gasteiger partial charge in [-0.05, 0) is 37.1 Å². The lowest BCUT2D eigenvalue weighted by Crippen LogP contribution is -2.37. The molecule has 1 aliphatic carbocycles. The molecule has 0 aromatic heterocycles. The SMILES string of the molecule is O=C(NC1CCCC1)c1ccc(NC(=O)C2CSCN2)cc1. The van der Waals surface area contributed by atoms with Gasteiger partial charge in [-0.2, -0.15) is 0 Å². The van der Waals surface area contributed by atoms with Crippen LogP contribution in [0.25, 0.3) is 0 Å². The molecule has 1 aromatic carbocycles. The minimum Gasteiger partial charge on any atom is -0.349 e. The molecule has 1 aromatic rings. The summed E-state index contributed by atoms with van der Waals surface area (Å²) in [5.74, 6) is 1.57. The summed E-state index contributed by atoms with van der Waals surface area (Å²) in [6.07, 6.45) is 4.55. The van der Waals surface area contributed by atoms with Gasteiger partial charge in [-0.15, -0.1) is 11.8 Å². The third-order valence-corrected chi connectivity index (χ3v) is 5.08. The highest BCUT2D eigenvalue weighted by atomic mass is 32.2. The fourth-order valence-electron chi connectivity index (χ4n) is 2.84. The maximum Gasteiger partial charge on any atom is 0.251 e. The van der Waals surface area contributed by atoms with Crippen molar-refractivity contribution in [3.05, 3.63) is 29.8 Å². The maximum atomic E-state index is 12.1. The first-order valence-electron chi connectivity index (χ1n) is 7.75. The van der Waals surface area contributed by atoms with E-state index in [2.05, 4.69) is 16.0 Å². The topological polar surface area (TPSA) is 70.2 Å². The Balaban J connectivity index is 1.55. The van der Waals surface area contributed by atoms with E-state index in [1.54, 1.807) is 36.0 Å². The molecule has 2 amide bonds. The van der Waals surface area contributed by atoms with E-state index in [1.807, 2.05) is 0 Å². The lowest BCUT2D eigenvalue weighted by Gasteiger charge is -2.13. The number of rotatable bonds is 4. The summed E-state index contributed by atoms with van der Waals surface area (Å²) in [4.78, 5) is 24.1. The maximum absolute atomic E-state index is 12.1. The monoisotopic (exact) mass is 319 g/mol. The second kappa shape index (κ2) is 7.15. The molecule has 1 saturated carbocycles. The van der Waals surface area contributed by atoms with Gasteiger partial charge in [0.2, 0.25) is 5.91 Å². The zero-order valence-corrected chi connectivity index (χ0v) is 13.2. The van der Waals surface area contributed by atoms with Crippen LogP contribution in [0.1, 0.15) is 36.0 Å².